The lowest BCUT2D eigenvalue weighted by molar-refractivity contribution is 0.247. The first-order chi connectivity index (χ1) is 6.86. The van der Waals surface area contributed by atoms with Crippen molar-refractivity contribution in [3.63, 3.8) is 0 Å². The molecule has 1 aliphatic carbocycles. The molecule has 0 radical (unpaired) electrons. The van der Waals surface area contributed by atoms with E-state index in [1.165, 1.54) is 19.3 Å². The molecular formula is C10H16N2O2. The first-order valence-electron chi connectivity index (χ1n) is 5.08. The molecule has 1 aromatic heterocycles. The van der Waals surface area contributed by atoms with E-state index in [1.54, 1.807) is 13.3 Å². The number of aliphatic hydroxyl groups is 1. The van der Waals surface area contributed by atoms with Crippen molar-refractivity contribution < 1.29 is 9.84 Å². The quantitative estimate of drug-likeness (QED) is 0.785. The van der Waals surface area contributed by atoms with E-state index >= 15 is 0 Å². The topological polar surface area (TPSA) is 47.3 Å². The van der Waals surface area contributed by atoms with Crippen LogP contribution < -0.4 is 4.74 Å². The van der Waals surface area contributed by atoms with Crippen LogP contribution in [0.1, 0.15) is 30.9 Å². The molecule has 0 unspecified atom stereocenters. The second-order valence-electron chi connectivity index (χ2n) is 3.68. The van der Waals surface area contributed by atoms with Crippen LogP contribution in [0.15, 0.2) is 6.20 Å². The van der Waals surface area contributed by atoms with Gasteiger partial charge in [0.2, 0.25) is 5.88 Å². The van der Waals surface area contributed by atoms with E-state index in [1.807, 2.05) is 4.68 Å². The van der Waals surface area contributed by atoms with Crippen molar-refractivity contribution in [3.05, 3.63) is 11.8 Å². The average molecular weight is 196 g/mol. The van der Waals surface area contributed by atoms with Gasteiger partial charge >= 0.3 is 0 Å². The van der Waals surface area contributed by atoms with Crippen LogP contribution in [0.3, 0.4) is 0 Å². The van der Waals surface area contributed by atoms with Crippen LogP contribution in [-0.2, 0) is 6.42 Å². The van der Waals surface area contributed by atoms with Crippen molar-refractivity contribution in [3.8, 4) is 5.88 Å². The Morgan fingerprint density at radius 2 is 2.43 bits per heavy atom. The largest absolute Gasteiger partial charge is 0.481 e. The monoisotopic (exact) mass is 196 g/mol. The normalized spacial score (nSPS) is 16.7. The predicted octanol–water partition coefficient (Wildman–Crippen LogP) is 1.15. The van der Waals surface area contributed by atoms with Gasteiger partial charge in [-0.05, 0) is 19.3 Å². The van der Waals surface area contributed by atoms with E-state index in [4.69, 9.17) is 9.84 Å². The van der Waals surface area contributed by atoms with Crippen molar-refractivity contribution in [2.75, 3.05) is 13.7 Å². The van der Waals surface area contributed by atoms with Crippen molar-refractivity contribution in [2.45, 2.75) is 31.7 Å². The van der Waals surface area contributed by atoms with E-state index in [2.05, 4.69) is 5.10 Å². The molecule has 0 aliphatic heterocycles. The molecule has 1 N–H and O–H groups in total. The first kappa shape index (κ1) is 9.52. The van der Waals surface area contributed by atoms with Gasteiger partial charge in [0.15, 0.2) is 0 Å². The summed E-state index contributed by atoms with van der Waals surface area (Å²) in [6.07, 6.45) is 6.08. The second-order valence-corrected chi connectivity index (χ2v) is 3.68. The number of hydrogen-bond acceptors (Lipinski definition) is 3. The lowest BCUT2D eigenvalue weighted by Crippen LogP contribution is -2.19. The Morgan fingerprint density at radius 3 is 2.93 bits per heavy atom. The highest BCUT2D eigenvalue weighted by Crippen LogP contribution is 2.35. The van der Waals surface area contributed by atoms with E-state index in [0.29, 0.717) is 12.5 Å². The molecule has 0 bridgehead atoms. The summed E-state index contributed by atoms with van der Waals surface area (Å²) in [4.78, 5) is 0. The molecule has 4 nitrogen and oxygen atoms in total. The van der Waals surface area contributed by atoms with Crippen molar-refractivity contribution in [2.24, 2.45) is 0 Å². The molecule has 0 saturated heterocycles. The maximum atomic E-state index is 8.87. The number of aromatic nitrogens is 2. The van der Waals surface area contributed by atoms with Gasteiger partial charge in [-0.1, -0.05) is 0 Å². The first-order valence-corrected chi connectivity index (χ1v) is 5.08. The maximum Gasteiger partial charge on any atom is 0.215 e. The number of hydrogen-bond donors (Lipinski definition) is 1. The zero-order valence-electron chi connectivity index (χ0n) is 8.44. The van der Waals surface area contributed by atoms with Gasteiger partial charge in [0.05, 0.1) is 19.3 Å². The van der Waals surface area contributed by atoms with Gasteiger partial charge in [-0.15, -0.1) is 0 Å². The van der Waals surface area contributed by atoms with Gasteiger partial charge in [-0.3, -0.25) is 0 Å². The third kappa shape index (κ3) is 1.50. The Bertz CT molecular complexity index is 305. The summed E-state index contributed by atoms with van der Waals surface area (Å²) in [6, 6.07) is 0.511. The van der Waals surface area contributed by atoms with E-state index in [-0.39, 0.29) is 6.61 Å². The van der Waals surface area contributed by atoms with E-state index in [9.17, 15) is 0 Å². The highest BCUT2D eigenvalue weighted by molar-refractivity contribution is 5.25. The minimum Gasteiger partial charge on any atom is -0.481 e. The molecule has 4 heteroatoms. The molecule has 0 aromatic carbocycles. The molecule has 1 saturated carbocycles. The Hall–Kier alpha value is -1.03. The number of aliphatic hydroxyl groups excluding tert-OH is 1. The van der Waals surface area contributed by atoms with Crippen LogP contribution in [0, 0.1) is 0 Å². The summed E-state index contributed by atoms with van der Waals surface area (Å²) >= 11 is 0. The summed E-state index contributed by atoms with van der Waals surface area (Å²) in [5, 5.41) is 13.2. The van der Waals surface area contributed by atoms with Crippen molar-refractivity contribution >= 4 is 0 Å². The minimum atomic E-state index is 0.146. The molecule has 1 aliphatic rings. The number of methoxy groups -OCH3 is 1. The smallest absolute Gasteiger partial charge is 0.215 e. The highest BCUT2D eigenvalue weighted by Gasteiger charge is 2.24. The lowest BCUT2D eigenvalue weighted by atomic mass is 9.93. The second kappa shape index (κ2) is 4.00. The van der Waals surface area contributed by atoms with Crippen molar-refractivity contribution in [1.82, 2.24) is 9.78 Å². The Morgan fingerprint density at radius 1 is 1.64 bits per heavy atom. The number of nitrogens with zero attached hydrogens (tertiary/aromatic N) is 2. The molecule has 2 rings (SSSR count). The molecule has 1 aromatic rings. The Labute approximate surface area is 83.5 Å². The molecule has 1 fully saturated rings. The fourth-order valence-corrected chi connectivity index (χ4v) is 1.79. The summed E-state index contributed by atoms with van der Waals surface area (Å²) in [5.74, 6) is 0.823. The SMILES string of the molecule is COc1c(CCO)cnn1C1CCC1. The minimum absolute atomic E-state index is 0.146. The molecule has 78 valence electrons. The van der Waals surface area contributed by atoms with Crippen LogP contribution in [0.25, 0.3) is 0 Å². The number of rotatable bonds is 4. The predicted molar refractivity (Wildman–Crippen MR) is 52.5 cm³/mol. The summed E-state index contributed by atoms with van der Waals surface area (Å²) in [6.45, 7) is 0.146. The molecule has 0 amide bonds. The Kier molecular flexibility index (Phi) is 2.72. The summed E-state index contributed by atoms with van der Waals surface area (Å²) in [7, 11) is 1.66. The fraction of sp³-hybridized carbons (Fsp3) is 0.700. The summed E-state index contributed by atoms with van der Waals surface area (Å²) < 4.78 is 7.27. The standard InChI is InChI=1S/C10H16N2O2/c1-14-10-8(5-6-13)7-11-12(10)9-3-2-4-9/h7,9,13H,2-6H2,1H3. The molecule has 14 heavy (non-hydrogen) atoms. The van der Waals surface area contributed by atoms with Gasteiger partial charge in [0, 0.05) is 18.6 Å². The number of ether oxygens (including phenoxy) is 1. The van der Waals surface area contributed by atoms with Crippen LogP contribution in [0.5, 0.6) is 5.88 Å². The van der Waals surface area contributed by atoms with Gasteiger partial charge in [0.25, 0.3) is 0 Å². The zero-order valence-corrected chi connectivity index (χ0v) is 8.44. The maximum absolute atomic E-state index is 8.87. The van der Waals surface area contributed by atoms with Gasteiger partial charge in [-0.2, -0.15) is 5.10 Å². The van der Waals surface area contributed by atoms with E-state index < -0.39 is 0 Å². The average Bonchev–Trinajstić information content (AvgIpc) is 2.46. The third-order valence-electron chi connectivity index (χ3n) is 2.82. The highest BCUT2D eigenvalue weighted by atomic mass is 16.5. The van der Waals surface area contributed by atoms with E-state index in [0.717, 1.165) is 11.4 Å². The molecular weight excluding hydrogens is 180 g/mol. The van der Waals surface area contributed by atoms with Gasteiger partial charge in [-0.25, -0.2) is 4.68 Å². The van der Waals surface area contributed by atoms with Gasteiger partial charge < -0.3 is 9.84 Å². The summed E-state index contributed by atoms with van der Waals surface area (Å²) in [5.41, 5.74) is 1.00. The molecule has 1 heterocycles. The van der Waals surface area contributed by atoms with Crippen LogP contribution in [-0.4, -0.2) is 28.6 Å². The molecule has 0 atom stereocenters. The zero-order chi connectivity index (χ0) is 9.97. The van der Waals surface area contributed by atoms with Crippen molar-refractivity contribution in [1.29, 1.82) is 0 Å². The third-order valence-corrected chi connectivity index (χ3v) is 2.82. The molecule has 0 spiro atoms. The van der Waals surface area contributed by atoms with Crippen LogP contribution >= 0.6 is 0 Å². The Balaban J connectivity index is 2.21. The van der Waals surface area contributed by atoms with Crippen LogP contribution in [0.4, 0.5) is 0 Å². The fourth-order valence-electron chi connectivity index (χ4n) is 1.79. The lowest BCUT2D eigenvalue weighted by Gasteiger charge is -2.26. The van der Waals surface area contributed by atoms with Gasteiger partial charge in [0.1, 0.15) is 0 Å². The van der Waals surface area contributed by atoms with Crippen LogP contribution in [0.2, 0.25) is 0 Å².